The third kappa shape index (κ3) is 1.48. The van der Waals surface area contributed by atoms with Crippen molar-refractivity contribution in [2.45, 2.75) is 0 Å². The molecular formula is C21H9BrN2O2. The molecule has 0 saturated heterocycles. The van der Waals surface area contributed by atoms with Crippen LogP contribution in [0.1, 0.15) is 0 Å². The Labute approximate surface area is 154 Å². The lowest BCUT2D eigenvalue weighted by Crippen LogP contribution is -2.15. The highest BCUT2D eigenvalue weighted by Gasteiger charge is 2.24. The van der Waals surface area contributed by atoms with E-state index in [0.29, 0.717) is 10.8 Å². The maximum atomic E-state index is 12.9. The van der Waals surface area contributed by atoms with Gasteiger partial charge in [0.2, 0.25) is 0 Å². The van der Waals surface area contributed by atoms with Crippen LogP contribution in [0.2, 0.25) is 0 Å². The summed E-state index contributed by atoms with van der Waals surface area (Å²) in [7, 11) is 0. The Morgan fingerprint density at radius 3 is 2.19 bits per heavy atom. The number of hydrogen-bond donors (Lipinski definition) is 0. The van der Waals surface area contributed by atoms with Gasteiger partial charge in [-0.15, -0.1) is 0 Å². The average molecular weight is 401 g/mol. The fraction of sp³-hybridized carbons (Fsp3) is 0. The van der Waals surface area contributed by atoms with Crippen LogP contribution in [-0.4, -0.2) is 8.58 Å². The van der Waals surface area contributed by atoms with Gasteiger partial charge in [-0.1, -0.05) is 42.5 Å². The van der Waals surface area contributed by atoms with E-state index in [-0.39, 0.29) is 11.1 Å². The summed E-state index contributed by atoms with van der Waals surface area (Å²) in [4.78, 5) is 30.6. The van der Waals surface area contributed by atoms with Gasteiger partial charge in [-0.3, -0.25) is 9.59 Å². The number of halogens is 1. The molecule has 0 fully saturated rings. The van der Waals surface area contributed by atoms with Crippen molar-refractivity contribution in [3.05, 3.63) is 75.3 Å². The number of nitrogens with zero attached hydrogens (tertiary/aromatic N) is 2. The molecule has 0 aliphatic heterocycles. The maximum absolute atomic E-state index is 12.9. The van der Waals surface area contributed by atoms with Crippen molar-refractivity contribution in [3.8, 4) is 0 Å². The van der Waals surface area contributed by atoms with Crippen LogP contribution >= 0.6 is 16.1 Å². The summed E-state index contributed by atoms with van der Waals surface area (Å²) in [6, 6.07) is 17.7. The van der Waals surface area contributed by atoms with Crippen LogP contribution in [0.15, 0.2) is 64.2 Å². The van der Waals surface area contributed by atoms with Gasteiger partial charge < -0.3 is 0 Å². The fourth-order valence-corrected chi connectivity index (χ4v) is 4.53. The molecule has 2 heterocycles. The molecular weight excluding hydrogens is 392 g/mol. The van der Waals surface area contributed by atoms with E-state index in [4.69, 9.17) is 4.98 Å². The Balaban J connectivity index is 2.15. The van der Waals surface area contributed by atoms with Crippen molar-refractivity contribution in [2.75, 3.05) is 0 Å². The number of rotatable bonds is 0. The molecule has 4 aromatic carbocycles. The van der Waals surface area contributed by atoms with Crippen molar-refractivity contribution in [1.29, 1.82) is 0 Å². The van der Waals surface area contributed by atoms with Crippen LogP contribution in [0.5, 0.6) is 0 Å². The first-order valence-corrected chi connectivity index (χ1v) is 8.91. The molecule has 0 saturated carbocycles. The zero-order valence-corrected chi connectivity index (χ0v) is 14.9. The first-order chi connectivity index (χ1) is 12.7. The maximum Gasteiger partial charge on any atom is 0.272 e. The fourth-order valence-electron chi connectivity index (χ4n) is 4.18. The van der Waals surface area contributed by atoms with Crippen molar-refractivity contribution in [2.24, 2.45) is 0 Å². The standard InChI is InChI=1S/C21H9BrN2O2/c22-24-20(25)17-15-11-6-2-1-5-10(11)9-13(15)19-16(18(17)21(24)26)12-7-3-4-8-14(12)23-19/h1-9H. The smallest absolute Gasteiger partial charge is 0.268 e. The van der Waals surface area contributed by atoms with E-state index < -0.39 is 0 Å². The van der Waals surface area contributed by atoms with E-state index in [1.807, 2.05) is 48.5 Å². The Kier molecular flexibility index (Phi) is 2.48. The minimum atomic E-state index is -0.333. The molecule has 0 unspecified atom stereocenters. The van der Waals surface area contributed by atoms with Crippen LogP contribution < -0.4 is 11.1 Å². The molecule has 2 aromatic heterocycles. The van der Waals surface area contributed by atoms with Crippen LogP contribution in [-0.2, 0) is 0 Å². The number of para-hydroxylation sites is 1. The predicted molar refractivity (Wildman–Crippen MR) is 109 cm³/mol. The summed E-state index contributed by atoms with van der Waals surface area (Å²) in [6.45, 7) is 0. The number of aromatic nitrogens is 2. The summed E-state index contributed by atoms with van der Waals surface area (Å²) in [5.74, 6) is 0. The molecule has 0 aliphatic carbocycles. The van der Waals surface area contributed by atoms with E-state index >= 15 is 0 Å². The van der Waals surface area contributed by atoms with Crippen molar-refractivity contribution >= 4 is 70.3 Å². The normalized spacial score (nSPS) is 12.3. The lowest BCUT2D eigenvalue weighted by molar-refractivity contribution is 1.19. The largest absolute Gasteiger partial charge is 0.272 e. The molecule has 122 valence electrons. The monoisotopic (exact) mass is 400 g/mol. The second-order valence-electron chi connectivity index (χ2n) is 6.51. The molecule has 0 bridgehead atoms. The van der Waals surface area contributed by atoms with Crippen molar-refractivity contribution in [1.82, 2.24) is 8.58 Å². The summed E-state index contributed by atoms with van der Waals surface area (Å²) < 4.78 is 1.03. The van der Waals surface area contributed by atoms with Gasteiger partial charge >= 0.3 is 0 Å². The highest BCUT2D eigenvalue weighted by molar-refractivity contribution is 9.08. The Morgan fingerprint density at radius 1 is 0.731 bits per heavy atom. The topological polar surface area (TPSA) is 52.0 Å². The van der Waals surface area contributed by atoms with E-state index in [1.54, 1.807) is 0 Å². The molecule has 6 aromatic rings. The molecule has 0 radical (unpaired) electrons. The lowest BCUT2D eigenvalue weighted by Gasteiger charge is -1.98. The van der Waals surface area contributed by atoms with E-state index in [0.717, 1.165) is 46.9 Å². The minimum absolute atomic E-state index is 0.321. The minimum Gasteiger partial charge on any atom is -0.268 e. The van der Waals surface area contributed by atoms with E-state index in [2.05, 4.69) is 22.2 Å². The number of benzene rings is 3. The molecule has 0 spiro atoms. The molecule has 0 atom stereocenters. The summed E-state index contributed by atoms with van der Waals surface area (Å²) in [5, 5.41) is 6.31. The van der Waals surface area contributed by atoms with Gasteiger partial charge in [-0.25, -0.2) is 8.58 Å². The number of fused-ring (bicyclic) bond motifs is 10. The molecule has 26 heavy (non-hydrogen) atoms. The Hall–Kier alpha value is -3.05. The summed E-state index contributed by atoms with van der Waals surface area (Å²) >= 11 is 3.14. The summed E-state index contributed by atoms with van der Waals surface area (Å²) in [6.07, 6.45) is 0. The first-order valence-electron chi connectivity index (χ1n) is 8.20. The molecule has 0 N–H and O–H groups in total. The zero-order valence-electron chi connectivity index (χ0n) is 13.3. The average Bonchev–Trinajstić information content (AvgIpc) is 3.29. The van der Waals surface area contributed by atoms with Crippen molar-refractivity contribution in [3.63, 3.8) is 0 Å². The highest BCUT2D eigenvalue weighted by Crippen LogP contribution is 2.41. The third-order valence-electron chi connectivity index (χ3n) is 5.23. The third-order valence-corrected chi connectivity index (χ3v) is 5.88. The second-order valence-corrected chi connectivity index (χ2v) is 7.22. The highest BCUT2D eigenvalue weighted by atomic mass is 79.9. The molecule has 0 amide bonds. The molecule has 5 heteroatoms. The Morgan fingerprint density at radius 2 is 1.38 bits per heavy atom. The lowest BCUT2D eigenvalue weighted by atomic mass is 10.0. The quantitative estimate of drug-likeness (QED) is 0.379. The Bertz CT molecular complexity index is 1510. The van der Waals surface area contributed by atoms with Crippen LogP contribution in [0.4, 0.5) is 0 Å². The molecule has 0 aliphatic rings. The van der Waals surface area contributed by atoms with Gasteiger partial charge in [0.1, 0.15) is 0 Å². The van der Waals surface area contributed by atoms with E-state index in [1.165, 1.54) is 0 Å². The van der Waals surface area contributed by atoms with Crippen LogP contribution in [0.3, 0.4) is 0 Å². The second kappa shape index (κ2) is 4.56. The van der Waals surface area contributed by atoms with Crippen LogP contribution in [0.25, 0.3) is 54.1 Å². The van der Waals surface area contributed by atoms with Gasteiger partial charge in [0, 0.05) is 21.5 Å². The predicted octanol–water partition coefficient (Wildman–Crippen LogP) is 4.40. The van der Waals surface area contributed by atoms with Gasteiger partial charge in [0.25, 0.3) is 11.1 Å². The van der Waals surface area contributed by atoms with Crippen molar-refractivity contribution < 1.29 is 0 Å². The summed E-state index contributed by atoms with van der Waals surface area (Å²) in [5.41, 5.74) is 0.953. The van der Waals surface area contributed by atoms with Gasteiger partial charge in [-0.2, -0.15) is 0 Å². The number of hydrogen-bond acceptors (Lipinski definition) is 3. The molecule has 4 nitrogen and oxygen atoms in total. The molecule has 6 rings (SSSR count). The van der Waals surface area contributed by atoms with Gasteiger partial charge in [0.15, 0.2) is 0 Å². The van der Waals surface area contributed by atoms with E-state index in [9.17, 15) is 9.59 Å². The SMILES string of the molecule is O=c1c2c(c(=O)n1Br)c1c3ccccc3nc1c1cc3ccccc3c12. The van der Waals surface area contributed by atoms with Gasteiger partial charge in [-0.05, 0) is 22.9 Å². The van der Waals surface area contributed by atoms with Gasteiger partial charge in [0.05, 0.1) is 38.0 Å². The first kappa shape index (κ1) is 14.2. The van der Waals surface area contributed by atoms with Crippen LogP contribution in [0, 0.1) is 0 Å². The zero-order chi connectivity index (χ0) is 17.6.